The minimum Gasteiger partial charge on any atom is -0.329 e. The van der Waals surface area contributed by atoms with Gasteiger partial charge in [-0.05, 0) is 49.9 Å². The van der Waals surface area contributed by atoms with Crippen LogP contribution in [-0.2, 0) is 19.4 Å². The van der Waals surface area contributed by atoms with Crippen LogP contribution in [0.15, 0.2) is 53.7 Å². The first-order valence-electron chi connectivity index (χ1n) is 9.67. The molecule has 2 aliphatic rings. The van der Waals surface area contributed by atoms with E-state index in [0.717, 1.165) is 18.5 Å². The fraction of sp³-hybridized carbons (Fsp3) is 0.318. The lowest BCUT2D eigenvalue weighted by Crippen LogP contribution is -2.54. The molecule has 1 atom stereocenters. The van der Waals surface area contributed by atoms with Gasteiger partial charge >= 0.3 is 0 Å². The number of carbonyl (C=O) groups is 1. The van der Waals surface area contributed by atoms with E-state index in [-0.39, 0.29) is 23.6 Å². The average molecular weight is 374 g/mol. The third kappa shape index (κ3) is 2.52. The molecule has 1 aromatic carbocycles. The van der Waals surface area contributed by atoms with Crippen LogP contribution in [0.4, 0.5) is 0 Å². The maximum atomic E-state index is 13.3. The van der Waals surface area contributed by atoms with Crippen LogP contribution in [-0.4, -0.2) is 37.0 Å². The van der Waals surface area contributed by atoms with Gasteiger partial charge in [0, 0.05) is 24.8 Å². The monoisotopic (exact) mass is 374 g/mol. The highest BCUT2D eigenvalue weighted by molar-refractivity contribution is 5.94. The normalized spacial score (nSPS) is 19.0. The van der Waals surface area contributed by atoms with Crippen molar-refractivity contribution >= 4 is 5.91 Å². The van der Waals surface area contributed by atoms with E-state index in [2.05, 4.69) is 29.2 Å². The first-order chi connectivity index (χ1) is 13.5. The summed E-state index contributed by atoms with van der Waals surface area (Å²) in [5.41, 5.74) is 4.33. The van der Waals surface area contributed by atoms with E-state index in [1.165, 1.54) is 11.1 Å². The van der Waals surface area contributed by atoms with Gasteiger partial charge in [-0.1, -0.05) is 24.3 Å². The molecule has 1 amide bonds. The Kier molecular flexibility index (Phi) is 3.75. The Labute approximate surface area is 163 Å². The van der Waals surface area contributed by atoms with Gasteiger partial charge in [-0.15, -0.1) is 0 Å². The quantitative estimate of drug-likeness (QED) is 0.692. The van der Waals surface area contributed by atoms with Crippen LogP contribution in [0.5, 0.6) is 0 Å². The summed E-state index contributed by atoms with van der Waals surface area (Å²) in [6.07, 6.45) is 5.21. The number of nitrogens with zero attached hydrogens (tertiary/aromatic N) is 4. The van der Waals surface area contributed by atoms with E-state index < -0.39 is 0 Å². The molecule has 0 saturated heterocycles. The third-order valence-corrected chi connectivity index (χ3v) is 5.94. The number of fused-ring (bicyclic) bond motifs is 2. The maximum absolute atomic E-state index is 13.3. The molecule has 0 saturated carbocycles. The number of imidazole rings is 1. The number of benzene rings is 1. The Bertz CT molecular complexity index is 1120. The molecule has 2 aromatic heterocycles. The van der Waals surface area contributed by atoms with Crippen molar-refractivity contribution in [3.8, 4) is 5.69 Å². The minimum absolute atomic E-state index is 0.0308. The van der Waals surface area contributed by atoms with Crippen LogP contribution in [0.3, 0.4) is 0 Å². The Balaban J connectivity index is 1.51. The topological polar surface area (TPSA) is 60.1 Å². The lowest BCUT2D eigenvalue weighted by Gasteiger charge is -2.39. The smallest absolute Gasteiger partial charge is 0.275 e. The lowest BCUT2D eigenvalue weighted by atomic mass is 10.1. The predicted octanol–water partition coefficient (Wildman–Crippen LogP) is 2.35. The van der Waals surface area contributed by atoms with Crippen LogP contribution < -0.4 is 5.56 Å². The van der Waals surface area contributed by atoms with E-state index in [1.807, 2.05) is 24.9 Å². The largest absolute Gasteiger partial charge is 0.329 e. The molecule has 3 aromatic rings. The molecular formula is C22H22N4O2. The van der Waals surface area contributed by atoms with Gasteiger partial charge in [0.15, 0.2) is 0 Å². The molecule has 1 aliphatic heterocycles. The highest BCUT2D eigenvalue weighted by Gasteiger charge is 2.38. The van der Waals surface area contributed by atoms with Crippen LogP contribution in [0.25, 0.3) is 5.69 Å². The summed E-state index contributed by atoms with van der Waals surface area (Å²) in [4.78, 5) is 32.6. The molecule has 142 valence electrons. The SMILES string of the molecule is Cc1cn(-c2ccc3n(c2=O)CC(C)N(C2Cc4ccccc4C2)C3=O)cn1. The number of carbonyl (C=O) groups excluding carboxylic acids is 1. The van der Waals surface area contributed by atoms with Gasteiger partial charge in [0.05, 0.1) is 12.0 Å². The summed E-state index contributed by atoms with van der Waals surface area (Å²) in [6.45, 7) is 4.42. The number of hydrogen-bond acceptors (Lipinski definition) is 3. The van der Waals surface area contributed by atoms with Gasteiger partial charge in [-0.3, -0.25) is 9.59 Å². The van der Waals surface area contributed by atoms with E-state index in [1.54, 1.807) is 27.6 Å². The number of aromatic nitrogens is 3. The number of rotatable bonds is 2. The summed E-state index contributed by atoms with van der Waals surface area (Å²) in [7, 11) is 0. The highest BCUT2D eigenvalue weighted by atomic mass is 16.2. The summed E-state index contributed by atoms with van der Waals surface area (Å²) in [5.74, 6) is -0.0537. The van der Waals surface area contributed by atoms with Crippen LogP contribution >= 0.6 is 0 Å². The van der Waals surface area contributed by atoms with Crippen LogP contribution in [0.1, 0.15) is 34.2 Å². The molecule has 0 fully saturated rings. The molecule has 1 unspecified atom stereocenters. The number of amides is 1. The second-order valence-electron chi connectivity index (χ2n) is 7.83. The molecule has 0 N–H and O–H groups in total. The maximum Gasteiger partial charge on any atom is 0.275 e. The van der Waals surface area contributed by atoms with Crippen molar-refractivity contribution in [2.45, 2.75) is 45.3 Å². The van der Waals surface area contributed by atoms with Crippen LogP contribution in [0, 0.1) is 6.92 Å². The first kappa shape index (κ1) is 17.0. The number of pyridine rings is 1. The summed E-state index contributed by atoms with van der Waals surface area (Å²) in [6, 6.07) is 12.0. The van der Waals surface area contributed by atoms with Gasteiger partial charge in [0.1, 0.15) is 11.4 Å². The summed E-state index contributed by atoms with van der Waals surface area (Å²) < 4.78 is 3.34. The van der Waals surface area contributed by atoms with E-state index in [0.29, 0.717) is 17.9 Å². The Morgan fingerprint density at radius 3 is 2.39 bits per heavy atom. The Morgan fingerprint density at radius 1 is 1.04 bits per heavy atom. The van der Waals surface area contributed by atoms with Crippen molar-refractivity contribution in [1.29, 1.82) is 0 Å². The molecule has 5 rings (SSSR count). The number of hydrogen-bond donors (Lipinski definition) is 0. The van der Waals surface area contributed by atoms with Crippen molar-refractivity contribution in [3.05, 3.63) is 81.8 Å². The van der Waals surface area contributed by atoms with Crippen molar-refractivity contribution < 1.29 is 4.79 Å². The zero-order valence-corrected chi connectivity index (χ0v) is 16.0. The third-order valence-electron chi connectivity index (χ3n) is 5.94. The van der Waals surface area contributed by atoms with E-state index in [9.17, 15) is 9.59 Å². The molecule has 0 bridgehead atoms. The Hall–Kier alpha value is -3.15. The van der Waals surface area contributed by atoms with Crippen molar-refractivity contribution in [2.75, 3.05) is 0 Å². The fourth-order valence-electron chi connectivity index (χ4n) is 4.63. The van der Waals surface area contributed by atoms with Crippen molar-refractivity contribution in [2.24, 2.45) is 0 Å². The average Bonchev–Trinajstić information content (AvgIpc) is 3.28. The van der Waals surface area contributed by atoms with E-state index in [4.69, 9.17) is 0 Å². The fourth-order valence-corrected chi connectivity index (χ4v) is 4.63. The second-order valence-corrected chi connectivity index (χ2v) is 7.83. The van der Waals surface area contributed by atoms with Gasteiger partial charge in [-0.25, -0.2) is 4.98 Å². The van der Waals surface area contributed by atoms with Gasteiger partial charge in [0.2, 0.25) is 0 Å². The highest BCUT2D eigenvalue weighted by Crippen LogP contribution is 2.29. The standard InChI is InChI=1S/C22H22N4O2/c1-14-11-24(13-23-14)19-7-8-20-22(28)26(15(2)12-25(20)21(19)27)18-9-16-5-3-4-6-17(16)10-18/h3-8,11,13,15,18H,9-10,12H2,1-2H3. The molecule has 0 radical (unpaired) electrons. The summed E-state index contributed by atoms with van der Waals surface area (Å²) in [5, 5.41) is 0. The molecule has 0 spiro atoms. The predicted molar refractivity (Wildman–Crippen MR) is 106 cm³/mol. The Morgan fingerprint density at radius 2 is 1.75 bits per heavy atom. The van der Waals surface area contributed by atoms with Gasteiger partial charge in [0.25, 0.3) is 11.5 Å². The van der Waals surface area contributed by atoms with E-state index >= 15 is 0 Å². The molecule has 28 heavy (non-hydrogen) atoms. The molecule has 6 nitrogen and oxygen atoms in total. The molecule has 1 aliphatic carbocycles. The van der Waals surface area contributed by atoms with Crippen molar-refractivity contribution in [1.82, 2.24) is 19.0 Å². The van der Waals surface area contributed by atoms with Gasteiger partial charge < -0.3 is 14.0 Å². The molecule has 3 heterocycles. The zero-order valence-electron chi connectivity index (χ0n) is 16.0. The first-order valence-corrected chi connectivity index (χ1v) is 9.67. The number of aryl methyl sites for hydroxylation is 1. The minimum atomic E-state index is -0.149. The summed E-state index contributed by atoms with van der Waals surface area (Å²) >= 11 is 0. The van der Waals surface area contributed by atoms with Crippen molar-refractivity contribution in [3.63, 3.8) is 0 Å². The molecule has 6 heteroatoms. The second kappa shape index (κ2) is 6.19. The lowest BCUT2D eigenvalue weighted by molar-refractivity contribution is 0.0502. The zero-order chi connectivity index (χ0) is 19.4. The van der Waals surface area contributed by atoms with Crippen LogP contribution in [0.2, 0.25) is 0 Å². The molecular weight excluding hydrogens is 352 g/mol. The van der Waals surface area contributed by atoms with Gasteiger partial charge in [-0.2, -0.15) is 0 Å².